The van der Waals surface area contributed by atoms with Crippen LogP contribution in [-0.2, 0) is 12.3 Å². The number of rotatable bonds is 10. The number of halogens is 20. The molecule has 21 heteroatoms. The molecule has 0 saturated heterocycles. The first-order valence-corrected chi connectivity index (χ1v) is 14.1. The van der Waals surface area contributed by atoms with Crippen molar-refractivity contribution in [2.24, 2.45) is 0 Å². The van der Waals surface area contributed by atoms with E-state index >= 15 is 0 Å². The molecule has 1 aromatic carbocycles. The molecule has 0 N–H and O–H groups in total. The summed E-state index contributed by atoms with van der Waals surface area (Å²) in [5.74, 6) is -56.7. The summed E-state index contributed by atoms with van der Waals surface area (Å²) < 4.78 is 227. The Bertz CT molecular complexity index is 951. The van der Waals surface area contributed by atoms with Gasteiger partial charge >= 0.3 is 53.6 Å². The van der Waals surface area contributed by atoms with E-state index in [-0.39, 0.29) is 30.2 Å². The molecular formula is C16H8Cl3F17Si. The molecule has 0 unspecified atom stereocenters. The molecule has 1 rings (SSSR count). The van der Waals surface area contributed by atoms with Gasteiger partial charge in [0.25, 0.3) is 0 Å². The van der Waals surface area contributed by atoms with Crippen LogP contribution in [-0.4, -0.2) is 47.7 Å². The van der Waals surface area contributed by atoms with Gasteiger partial charge in [-0.25, -0.2) is 0 Å². The van der Waals surface area contributed by atoms with Gasteiger partial charge in [-0.05, 0) is 18.0 Å². The summed E-state index contributed by atoms with van der Waals surface area (Å²) in [5, 5.41) is 0. The molecule has 216 valence electrons. The largest absolute Gasteiger partial charge is 0.460 e. The summed E-state index contributed by atoms with van der Waals surface area (Å²) >= 11 is 16.6. The minimum Gasteiger partial charge on any atom is -0.194 e. The second-order valence-corrected chi connectivity index (χ2v) is 16.6. The van der Waals surface area contributed by atoms with Crippen molar-refractivity contribution in [2.45, 2.75) is 60.1 Å². The van der Waals surface area contributed by atoms with Crippen molar-refractivity contribution in [1.29, 1.82) is 0 Å². The fraction of sp³-hybridized carbons (Fsp3) is 0.625. The van der Waals surface area contributed by atoms with Gasteiger partial charge in [-0.3, -0.25) is 0 Å². The van der Waals surface area contributed by atoms with Gasteiger partial charge in [0.05, 0.1) is 0 Å². The molecule has 0 atom stereocenters. The van der Waals surface area contributed by atoms with Gasteiger partial charge in [0.2, 0.25) is 0 Å². The number of aryl methyl sites for hydroxylation is 1. The lowest BCUT2D eigenvalue weighted by atomic mass is 9.87. The highest BCUT2D eigenvalue weighted by Crippen LogP contribution is 2.65. The van der Waals surface area contributed by atoms with Crippen LogP contribution in [0.4, 0.5) is 74.6 Å². The molecule has 1 aromatic rings. The molecule has 0 radical (unpaired) electrons. The maximum atomic E-state index is 14.2. The van der Waals surface area contributed by atoms with Crippen LogP contribution >= 0.6 is 33.2 Å². The Morgan fingerprint density at radius 1 is 0.486 bits per heavy atom. The Morgan fingerprint density at radius 2 is 0.811 bits per heavy atom. The van der Waals surface area contributed by atoms with Gasteiger partial charge in [0.1, 0.15) is 0 Å². The summed E-state index contributed by atoms with van der Waals surface area (Å²) in [6, 6.07) is -2.74. The Labute approximate surface area is 209 Å². The minimum atomic E-state index is -8.66. The molecule has 0 spiro atoms. The van der Waals surface area contributed by atoms with E-state index in [0.717, 1.165) is 0 Å². The number of alkyl halides is 17. The Balaban J connectivity index is 3.55. The van der Waals surface area contributed by atoms with Crippen molar-refractivity contribution in [3.8, 4) is 0 Å². The Kier molecular flexibility index (Phi) is 8.90. The summed E-state index contributed by atoms with van der Waals surface area (Å²) in [5.41, 5.74) is -2.38. The molecule has 0 aromatic heterocycles. The average Bonchev–Trinajstić information content (AvgIpc) is 2.70. The van der Waals surface area contributed by atoms with Crippen LogP contribution in [0.25, 0.3) is 0 Å². The molecule has 0 saturated carbocycles. The van der Waals surface area contributed by atoms with E-state index in [1.165, 1.54) is 0 Å². The molecule has 0 fully saturated rings. The van der Waals surface area contributed by atoms with Crippen molar-refractivity contribution < 1.29 is 74.6 Å². The second kappa shape index (κ2) is 9.64. The van der Waals surface area contributed by atoms with E-state index in [9.17, 15) is 74.6 Å². The zero-order valence-electron chi connectivity index (χ0n) is 16.8. The molecule has 0 bridgehead atoms. The van der Waals surface area contributed by atoms with Gasteiger partial charge < -0.3 is 0 Å². The fourth-order valence-electron chi connectivity index (χ4n) is 2.51. The fourth-order valence-corrected chi connectivity index (χ4v) is 3.93. The first kappa shape index (κ1) is 34.1. The zero-order chi connectivity index (χ0) is 29.9. The van der Waals surface area contributed by atoms with Crippen LogP contribution in [0.1, 0.15) is 11.1 Å². The third kappa shape index (κ3) is 5.44. The topological polar surface area (TPSA) is 0 Å². The first-order chi connectivity index (χ1) is 15.9. The lowest BCUT2D eigenvalue weighted by molar-refractivity contribution is -0.462. The second-order valence-electron chi connectivity index (χ2n) is 7.33. The molecule has 0 nitrogen and oxygen atoms in total. The highest BCUT2D eigenvalue weighted by Gasteiger charge is 2.95. The van der Waals surface area contributed by atoms with Crippen molar-refractivity contribution in [3.63, 3.8) is 0 Å². The van der Waals surface area contributed by atoms with E-state index in [2.05, 4.69) is 0 Å². The smallest absolute Gasteiger partial charge is 0.194 e. The molecule has 0 aliphatic heterocycles. The predicted octanol–water partition coefficient (Wildman–Crippen LogP) is 9.35. The van der Waals surface area contributed by atoms with E-state index < -0.39 is 59.2 Å². The third-order valence-electron chi connectivity index (χ3n) is 4.74. The monoisotopic (exact) mass is 656 g/mol. The third-order valence-corrected chi connectivity index (χ3v) is 7.25. The molecular weight excluding hydrogens is 650 g/mol. The van der Waals surface area contributed by atoms with E-state index in [1.54, 1.807) is 0 Å². The summed E-state index contributed by atoms with van der Waals surface area (Å²) in [4.78, 5) is 0. The van der Waals surface area contributed by atoms with Crippen LogP contribution in [0, 0.1) is 0 Å². The normalized spacial score (nSPS) is 15.8. The van der Waals surface area contributed by atoms with E-state index in [4.69, 9.17) is 33.2 Å². The number of hydrogen-bond donors (Lipinski definition) is 0. The lowest BCUT2D eigenvalue weighted by Crippen LogP contribution is -2.74. The zero-order valence-corrected chi connectivity index (χ0v) is 20.1. The molecule has 0 aliphatic rings. The van der Waals surface area contributed by atoms with Crippen molar-refractivity contribution in [2.75, 3.05) is 0 Å². The van der Waals surface area contributed by atoms with Crippen molar-refractivity contribution >= 4 is 39.2 Å². The van der Waals surface area contributed by atoms with Crippen LogP contribution in [0.15, 0.2) is 24.3 Å². The molecule has 0 amide bonds. The van der Waals surface area contributed by atoms with Gasteiger partial charge in [-0.1, -0.05) is 24.3 Å². The standard InChI is InChI=1S/C16H8Cl3F17Si/c17-37(18,19)6-5-7-1-3-8(4-2-7)9(20,21)10(22,23)11(24,25)12(26,27)13(28,29)14(30,31)15(32,33)16(34,35)36/h1-4H,5-6H2. The van der Waals surface area contributed by atoms with Crippen molar-refractivity contribution in [3.05, 3.63) is 35.4 Å². The molecule has 0 aliphatic carbocycles. The number of hydrogen-bond acceptors (Lipinski definition) is 0. The van der Waals surface area contributed by atoms with Crippen LogP contribution in [0.2, 0.25) is 6.04 Å². The quantitative estimate of drug-likeness (QED) is 0.134. The van der Waals surface area contributed by atoms with Crippen LogP contribution in [0.5, 0.6) is 0 Å². The van der Waals surface area contributed by atoms with E-state index in [0.29, 0.717) is 12.1 Å². The van der Waals surface area contributed by atoms with Crippen LogP contribution in [0.3, 0.4) is 0 Å². The first-order valence-electron chi connectivity index (χ1n) is 8.81. The summed E-state index contributed by atoms with van der Waals surface area (Å²) in [7, 11) is 0. The highest BCUT2D eigenvalue weighted by molar-refractivity contribution is 7.64. The minimum absolute atomic E-state index is 0.0839. The van der Waals surface area contributed by atoms with Crippen LogP contribution < -0.4 is 0 Å². The van der Waals surface area contributed by atoms with Gasteiger partial charge in [0, 0.05) is 5.56 Å². The van der Waals surface area contributed by atoms with Gasteiger partial charge in [-0.2, -0.15) is 74.6 Å². The summed E-state index contributed by atoms with van der Waals surface area (Å²) in [6.07, 6.45) is -8.02. The molecule has 37 heavy (non-hydrogen) atoms. The predicted molar refractivity (Wildman–Crippen MR) is 97.9 cm³/mol. The van der Waals surface area contributed by atoms with Crippen molar-refractivity contribution in [1.82, 2.24) is 0 Å². The Morgan fingerprint density at radius 3 is 1.14 bits per heavy atom. The lowest BCUT2D eigenvalue weighted by Gasteiger charge is -2.42. The highest BCUT2D eigenvalue weighted by atomic mass is 35.8. The van der Waals surface area contributed by atoms with Gasteiger partial charge in [0.15, 0.2) is 0 Å². The SMILES string of the molecule is FC(F)(F)C(F)(F)C(F)(F)C(F)(F)C(F)(F)C(F)(F)C(F)(F)C(F)(F)c1ccc(CC[Si](Cl)(Cl)Cl)cc1. The van der Waals surface area contributed by atoms with E-state index in [1.807, 2.05) is 0 Å². The summed E-state index contributed by atoms with van der Waals surface area (Å²) in [6.45, 7) is 0. The average molecular weight is 658 g/mol. The number of benzene rings is 1. The molecule has 0 heterocycles. The maximum absolute atomic E-state index is 14.2. The maximum Gasteiger partial charge on any atom is 0.460 e. The Hall–Kier alpha value is -0.883. The van der Waals surface area contributed by atoms with Gasteiger partial charge in [-0.15, -0.1) is 33.2 Å².